The van der Waals surface area contributed by atoms with Gasteiger partial charge in [-0.15, -0.1) is 0 Å². The minimum Gasteiger partial charge on any atom is -0.388 e. The molecular formula is C21H21ClFNO2. The monoisotopic (exact) mass is 373 g/mol. The van der Waals surface area contributed by atoms with Gasteiger partial charge in [-0.2, -0.15) is 0 Å². The normalized spacial score (nSPS) is 16.7. The van der Waals surface area contributed by atoms with Crippen LogP contribution in [0.1, 0.15) is 30.1 Å². The van der Waals surface area contributed by atoms with Gasteiger partial charge in [0.15, 0.2) is 0 Å². The molecule has 1 unspecified atom stereocenters. The standard InChI is InChI=1S/C21H21ClFNO2/c22-18-7-5-17(6-8-18)21(26)11-14-24(15-12-21)13-1-2-20(25)16-3-9-19(23)10-4-16/h3-12,14-15,20,25-26H,1-2,13H2. The second kappa shape index (κ2) is 8.04. The largest absolute Gasteiger partial charge is 0.388 e. The van der Waals surface area contributed by atoms with Gasteiger partial charge in [0.1, 0.15) is 11.4 Å². The van der Waals surface area contributed by atoms with Crippen molar-refractivity contribution in [2.24, 2.45) is 0 Å². The summed E-state index contributed by atoms with van der Waals surface area (Å²) < 4.78 is 12.9. The fraction of sp³-hybridized carbons (Fsp3) is 0.238. The summed E-state index contributed by atoms with van der Waals surface area (Å²) >= 11 is 5.89. The van der Waals surface area contributed by atoms with E-state index in [0.717, 1.165) is 12.0 Å². The Morgan fingerprint density at radius 1 is 1.00 bits per heavy atom. The molecule has 2 aromatic rings. The Labute approximate surface area is 157 Å². The number of aliphatic hydroxyl groups is 2. The molecule has 0 aromatic heterocycles. The number of rotatable bonds is 6. The van der Waals surface area contributed by atoms with Gasteiger partial charge in [0.25, 0.3) is 0 Å². The molecule has 0 fully saturated rings. The molecule has 26 heavy (non-hydrogen) atoms. The highest BCUT2D eigenvalue weighted by Crippen LogP contribution is 2.29. The number of hydrogen-bond acceptors (Lipinski definition) is 3. The minimum atomic E-state index is -1.14. The zero-order valence-electron chi connectivity index (χ0n) is 14.2. The first-order chi connectivity index (χ1) is 12.5. The summed E-state index contributed by atoms with van der Waals surface area (Å²) in [6, 6.07) is 13.0. The number of benzene rings is 2. The molecule has 1 aliphatic rings. The van der Waals surface area contributed by atoms with E-state index in [1.165, 1.54) is 12.1 Å². The van der Waals surface area contributed by atoms with Crippen molar-refractivity contribution in [2.75, 3.05) is 6.54 Å². The summed E-state index contributed by atoms with van der Waals surface area (Å²) in [6.45, 7) is 0.710. The van der Waals surface area contributed by atoms with Crippen LogP contribution in [0.15, 0.2) is 73.1 Å². The topological polar surface area (TPSA) is 43.7 Å². The van der Waals surface area contributed by atoms with E-state index in [4.69, 9.17) is 11.6 Å². The van der Waals surface area contributed by atoms with E-state index in [9.17, 15) is 14.6 Å². The molecule has 1 aliphatic heterocycles. The third kappa shape index (κ3) is 4.52. The van der Waals surface area contributed by atoms with Gasteiger partial charge in [0.2, 0.25) is 0 Å². The van der Waals surface area contributed by atoms with Crippen LogP contribution >= 0.6 is 11.6 Å². The Morgan fingerprint density at radius 3 is 2.23 bits per heavy atom. The lowest BCUT2D eigenvalue weighted by molar-refractivity contribution is 0.135. The molecule has 0 aliphatic carbocycles. The molecule has 0 spiro atoms. The average Bonchev–Trinajstić information content (AvgIpc) is 2.64. The molecule has 0 radical (unpaired) electrons. The van der Waals surface area contributed by atoms with Crippen molar-refractivity contribution in [2.45, 2.75) is 24.5 Å². The zero-order chi connectivity index (χ0) is 18.6. The Bertz CT molecular complexity index is 773. The predicted molar refractivity (Wildman–Crippen MR) is 101 cm³/mol. The third-order valence-electron chi connectivity index (χ3n) is 4.50. The van der Waals surface area contributed by atoms with Gasteiger partial charge in [-0.05, 0) is 60.4 Å². The molecule has 2 aromatic carbocycles. The van der Waals surface area contributed by atoms with E-state index in [-0.39, 0.29) is 5.82 Å². The molecule has 0 saturated heterocycles. The molecule has 0 amide bonds. The van der Waals surface area contributed by atoms with Gasteiger partial charge in [-0.1, -0.05) is 35.9 Å². The first kappa shape index (κ1) is 18.6. The molecular weight excluding hydrogens is 353 g/mol. The summed E-state index contributed by atoms with van der Waals surface area (Å²) in [4.78, 5) is 1.96. The highest BCUT2D eigenvalue weighted by Gasteiger charge is 2.25. The molecule has 1 heterocycles. The Morgan fingerprint density at radius 2 is 1.62 bits per heavy atom. The summed E-state index contributed by atoms with van der Waals surface area (Å²) in [6.07, 6.45) is 7.84. The van der Waals surface area contributed by atoms with E-state index in [2.05, 4.69) is 0 Å². The maximum Gasteiger partial charge on any atom is 0.130 e. The van der Waals surface area contributed by atoms with Crippen molar-refractivity contribution in [3.63, 3.8) is 0 Å². The summed E-state index contributed by atoms with van der Waals surface area (Å²) in [5, 5.41) is 21.5. The lowest BCUT2D eigenvalue weighted by Crippen LogP contribution is -2.26. The zero-order valence-corrected chi connectivity index (χ0v) is 15.0. The van der Waals surface area contributed by atoms with Crippen LogP contribution in [0.25, 0.3) is 0 Å². The van der Waals surface area contributed by atoms with E-state index in [1.807, 2.05) is 17.3 Å². The molecule has 2 N–H and O–H groups in total. The van der Waals surface area contributed by atoms with Crippen LogP contribution in [0.3, 0.4) is 0 Å². The number of aliphatic hydroxyl groups excluding tert-OH is 1. The fourth-order valence-corrected chi connectivity index (χ4v) is 3.03. The maximum atomic E-state index is 12.9. The first-order valence-electron chi connectivity index (χ1n) is 8.53. The van der Waals surface area contributed by atoms with E-state index in [1.54, 1.807) is 48.6 Å². The molecule has 0 saturated carbocycles. The van der Waals surface area contributed by atoms with E-state index >= 15 is 0 Å². The van der Waals surface area contributed by atoms with Gasteiger partial charge in [0, 0.05) is 24.0 Å². The van der Waals surface area contributed by atoms with Crippen LogP contribution in [-0.2, 0) is 5.60 Å². The van der Waals surface area contributed by atoms with Crippen molar-refractivity contribution in [1.82, 2.24) is 4.90 Å². The Kier molecular flexibility index (Phi) is 5.77. The van der Waals surface area contributed by atoms with Gasteiger partial charge in [0.05, 0.1) is 6.10 Å². The number of nitrogens with zero attached hydrogens (tertiary/aromatic N) is 1. The SMILES string of the molecule is OC(CCCN1C=CC(O)(c2ccc(Cl)cc2)C=C1)c1ccc(F)cc1. The lowest BCUT2D eigenvalue weighted by atomic mass is 9.92. The highest BCUT2D eigenvalue weighted by atomic mass is 35.5. The van der Waals surface area contributed by atoms with Crippen LogP contribution in [0.2, 0.25) is 5.02 Å². The molecule has 3 nitrogen and oxygen atoms in total. The smallest absolute Gasteiger partial charge is 0.130 e. The van der Waals surface area contributed by atoms with Gasteiger partial charge < -0.3 is 15.1 Å². The van der Waals surface area contributed by atoms with Crippen molar-refractivity contribution < 1.29 is 14.6 Å². The Hall–Kier alpha value is -2.14. The average molecular weight is 374 g/mol. The highest BCUT2D eigenvalue weighted by molar-refractivity contribution is 6.30. The van der Waals surface area contributed by atoms with Crippen LogP contribution < -0.4 is 0 Å². The molecule has 136 valence electrons. The van der Waals surface area contributed by atoms with Crippen molar-refractivity contribution >= 4 is 11.6 Å². The predicted octanol–water partition coefficient (Wildman–Crippen LogP) is 4.52. The fourth-order valence-electron chi connectivity index (χ4n) is 2.90. The van der Waals surface area contributed by atoms with Gasteiger partial charge in [-0.25, -0.2) is 4.39 Å². The number of halogens is 2. The minimum absolute atomic E-state index is 0.308. The molecule has 5 heteroatoms. The molecule has 3 rings (SSSR count). The number of hydrogen-bond donors (Lipinski definition) is 2. The summed E-state index contributed by atoms with van der Waals surface area (Å²) in [5.74, 6) is -0.308. The van der Waals surface area contributed by atoms with Crippen LogP contribution in [-0.4, -0.2) is 21.7 Å². The first-order valence-corrected chi connectivity index (χ1v) is 8.90. The summed E-state index contributed by atoms with van der Waals surface area (Å²) in [5.41, 5.74) is 0.323. The quantitative estimate of drug-likeness (QED) is 0.782. The van der Waals surface area contributed by atoms with Crippen molar-refractivity contribution in [1.29, 1.82) is 0 Å². The van der Waals surface area contributed by atoms with Crippen LogP contribution in [0, 0.1) is 5.82 Å². The van der Waals surface area contributed by atoms with E-state index in [0.29, 0.717) is 23.6 Å². The van der Waals surface area contributed by atoms with Crippen molar-refractivity contribution in [3.8, 4) is 0 Å². The van der Waals surface area contributed by atoms with Crippen molar-refractivity contribution in [3.05, 3.63) is 95.0 Å². The molecule has 0 bridgehead atoms. The van der Waals surface area contributed by atoms with Crippen LogP contribution in [0.4, 0.5) is 4.39 Å². The van der Waals surface area contributed by atoms with E-state index < -0.39 is 11.7 Å². The second-order valence-corrected chi connectivity index (χ2v) is 6.85. The van der Waals surface area contributed by atoms with Gasteiger partial charge >= 0.3 is 0 Å². The van der Waals surface area contributed by atoms with Gasteiger partial charge in [-0.3, -0.25) is 0 Å². The van der Waals surface area contributed by atoms with Crippen LogP contribution in [0.5, 0.6) is 0 Å². The lowest BCUT2D eigenvalue weighted by Gasteiger charge is -2.28. The third-order valence-corrected chi connectivity index (χ3v) is 4.75. The Balaban J connectivity index is 1.51. The molecule has 1 atom stereocenters. The summed E-state index contributed by atoms with van der Waals surface area (Å²) in [7, 11) is 0. The maximum absolute atomic E-state index is 12.9. The second-order valence-electron chi connectivity index (χ2n) is 6.41.